The minimum absolute atomic E-state index is 0.00547. The first-order chi connectivity index (χ1) is 15.0. The number of carbonyl (C=O) groups is 2. The first-order valence-electron chi connectivity index (χ1n) is 10.6. The lowest BCUT2D eigenvalue weighted by molar-refractivity contribution is -0.140. The van der Waals surface area contributed by atoms with E-state index in [0.717, 1.165) is 0 Å². The molecule has 2 rings (SSSR count). The van der Waals surface area contributed by atoms with Crippen LogP contribution in [-0.2, 0) is 14.3 Å². The highest BCUT2D eigenvalue weighted by atomic mass is 19.1. The second-order valence-corrected chi connectivity index (χ2v) is 7.76. The van der Waals surface area contributed by atoms with Crippen LogP contribution >= 0.6 is 0 Å². The quantitative estimate of drug-likeness (QED) is 0.218. The van der Waals surface area contributed by atoms with Gasteiger partial charge in [0.1, 0.15) is 18.4 Å². The van der Waals surface area contributed by atoms with Crippen molar-refractivity contribution in [3.05, 3.63) is 47.1 Å². The van der Waals surface area contributed by atoms with E-state index in [1.165, 1.54) is 19.2 Å². The van der Waals surface area contributed by atoms with Crippen LogP contribution in [0.2, 0.25) is 0 Å². The van der Waals surface area contributed by atoms with Gasteiger partial charge in [0.15, 0.2) is 11.6 Å². The van der Waals surface area contributed by atoms with Gasteiger partial charge >= 0.3 is 5.97 Å². The SMILES string of the molecule is COC(=O)CCCC=CC[C@H]1C(=O)CC(N=O)[C@@H]1CC[C@@H](O)COc1ccccc1F. The number of rotatable bonds is 13. The molecule has 0 radical (unpaired) electrons. The molecule has 1 aromatic rings. The van der Waals surface area contributed by atoms with Crippen molar-refractivity contribution in [1.29, 1.82) is 0 Å². The first-order valence-corrected chi connectivity index (χ1v) is 10.6. The van der Waals surface area contributed by atoms with Crippen molar-refractivity contribution in [2.45, 2.75) is 57.1 Å². The molecule has 1 fully saturated rings. The number of para-hydroxylation sites is 1. The Balaban J connectivity index is 1.81. The number of Topliss-reactive ketones (excluding diaryl/α,β-unsaturated/α-hetero) is 1. The predicted molar refractivity (Wildman–Crippen MR) is 113 cm³/mol. The molecule has 1 saturated carbocycles. The third kappa shape index (κ3) is 7.86. The number of nitrogens with zero attached hydrogens (tertiary/aromatic N) is 1. The molecule has 1 unspecified atom stereocenters. The highest BCUT2D eigenvalue weighted by molar-refractivity contribution is 5.84. The summed E-state index contributed by atoms with van der Waals surface area (Å²) < 4.78 is 23.5. The molecule has 1 N–H and O–H groups in total. The molecule has 4 atom stereocenters. The van der Waals surface area contributed by atoms with Crippen LogP contribution in [0, 0.1) is 22.6 Å². The van der Waals surface area contributed by atoms with Gasteiger partial charge in [-0.15, -0.1) is 0 Å². The largest absolute Gasteiger partial charge is 0.488 e. The fourth-order valence-electron chi connectivity index (χ4n) is 3.87. The van der Waals surface area contributed by atoms with E-state index in [4.69, 9.17) is 4.74 Å². The number of hydrogen-bond donors (Lipinski definition) is 1. The normalized spacial score (nSPS) is 21.9. The van der Waals surface area contributed by atoms with Crippen molar-refractivity contribution < 1.29 is 28.6 Å². The number of unbranched alkanes of at least 4 members (excludes halogenated alkanes) is 1. The summed E-state index contributed by atoms with van der Waals surface area (Å²) in [5.41, 5.74) is 0. The van der Waals surface area contributed by atoms with Crippen molar-refractivity contribution >= 4 is 11.8 Å². The highest BCUT2D eigenvalue weighted by Gasteiger charge is 2.42. The van der Waals surface area contributed by atoms with Crippen molar-refractivity contribution in [1.82, 2.24) is 0 Å². The van der Waals surface area contributed by atoms with Crippen LogP contribution in [0.1, 0.15) is 44.9 Å². The van der Waals surface area contributed by atoms with Gasteiger partial charge in [0.05, 0.1) is 13.2 Å². The van der Waals surface area contributed by atoms with E-state index in [1.807, 2.05) is 12.2 Å². The summed E-state index contributed by atoms with van der Waals surface area (Å²) >= 11 is 0. The highest BCUT2D eigenvalue weighted by Crippen LogP contribution is 2.37. The Morgan fingerprint density at radius 1 is 1.35 bits per heavy atom. The lowest BCUT2D eigenvalue weighted by Crippen LogP contribution is -2.24. The smallest absolute Gasteiger partial charge is 0.305 e. The molecule has 0 amide bonds. The molecule has 0 saturated heterocycles. The molecule has 0 aromatic heterocycles. The molecule has 7 nitrogen and oxygen atoms in total. The van der Waals surface area contributed by atoms with Gasteiger partial charge in [-0.3, -0.25) is 9.59 Å². The molecule has 0 heterocycles. The van der Waals surface area contributed by atoms with E-state index in [9.17, 15) is 24.0 Å². The summed E-state index contributed by atoms with van der Waals surface area (Å²) in [5.74, 6) is -1.24. The van der Waals surface area contributed by atoms with Crippen LogP contribution in [-0.4, -0.2) is 42.7 Å². The molecular weight excluding hydrogens is 405 g/mol. The second kappa shape index (κ2) is 12.9. The summed E-state index contributed by atoms with van der Waals surface area (Å²) in [4.78, 5) is 34.7. The van der Waals surface area contributed by atoms with Crippen LogP contribution in [0.4, 0.5) is 4.39 Å². The first kappa shape index (κ1) is 24.7. The number of aliphatic hydroxyl groups excluding tert-OH is 1. The van der Waals surface area contributed by atoms with Crippen molar-refractivity contribution in [3.8, 4) is 5.75 Å². The van der Waals surface area contributed by atoms with Crippen LogP contribution in [0.3, 0.4) is 0 Å². The summed E-state index contributed by atoms with van der Waals surface area (Å²) in [6, 6.07) is 5.36. The fraction of sp³-hybridized carbons (Fsp3) is 0.565. The Morgan fingerprint density at radius 3 is 2.84 bits per heavy atom. The van der Waals surface area contributed by atoms with Crippen molar-refractivity contribution in [2.24, 2.45) is 17.0 Å². The maximum Gasteiger partial charge on any atom is 0.305 e. The lowest BCUT2D eigenvalue weighted by Gasteiger charge is -2.21. The lowest BCUT2D eigenvalue weighted by atomic mass is 9.86. The number of aliphatic hydroxyl groups is 1. The molecule has 170 valence electrons. The van der Waals surface area contributed by atoms with Gasteiger partial charge in [-0.05, 0) is 50.2 Å². The molecule has 0 aliphatic heterocycles. The van der Waals surface area contributed by atoms with Gasteiger partial charge in [-0.25, -0.2) is 4.39 Å². The van der Waals surface area contributed by atoms with Gasteiger partial charge < -0.3 is 14.6 Å². The average molecular weight is 435 g/mol. The Morgan fingerprint density at radius 2 is 2.13 bits per heavy atom. The van der Waals surface area contributed by atoms with Crippen molar-refractivity contribution in [3.63, 3.8) is 0 Å². The number of esters is 1. The minimum atomic E-state index is -0.850. The van der Waals surface area contributed by atoms with E-state index < -0.39 is 18.0 Å². The fourth-order valence-corrected chi connectivity index (χ4v) is 3.87. The minimum Gasteiger partial charge on any atom is -0.488 e. The molecule has 1 aromatic carbocycles. The zero-order valence-electron chi connectivity index (χ0n) is 17.7. The monoisotopic (exact) mass is 435 g/mol. The zero-order chi connectivity index (χ0) is 22.6. The average Bonchev–Trinajstić information content (AvgIpc) is 3.08. The molecule has 31 heavy (non-hydrogen) atoms. The number of hydrogen-bond acceptors (Lipinski definition) is 7. The molecule has 0 spiro atoms. The Hall–Kier alpha value is -2.61. The second-order valence-electron chi connectivity index (χ2n) is 7.76. The molecular formula is C23H30FNO6. The molecule has 1 aliphatic rings. The summed E-state index contributed by atoms with van der Waals surface area (Å²) in [5, 5.41) is 13.3. The number of halogens is 1. The van der Waals surface area contributed by atoms with Gasteiger partial charge in [0, 0.05) is 18.8 Å². The number of ketones is 1. The maximum absolute atomic E-state index is 13.6. The van der Waals surface area contributed by atoms with Gasteiger partial charge in [0.2, 0.25) is 0 Å². The third-order valence-corrected chi connectivity index (χ3v) is 5.61. The summed E-state index contributed by atoms with van der Waals surface area (Å²) in [6.07, 6.45) is 6.06. The number of allylic oxidation sites excluding steroid dienone is 2. The number of nitroso groups, excluding NO2 is 1. The van der Waals surface area contributed by atoms with Crippen LogP contribution in [0.5, 0.6) is 5.75 Å². The molecule has 8 heteroatoms. The van der Waals surface area contributed by atoms with Crippen LogP contribution in [0.25, 0.3) is 0 Å². The summed E-state index contributed by atoms with van der Waals surface area (Å²) in [7, 11) is 1.35. The van der Waals surface area contributed by atoms with Crippen LogP contribution in [0.15, 0.2) is 41.6 Å². The topological polar surface area (TPSA) is 102 Å². The zero-order valence-corrected chi connectivity index (χ0v) is 17.7. The molecule has 0 bridgehead atoms. The van der Waals surface area contributed by atoms with Gasteiger partial charge in [-0.1, -0.05) is 29.5 Å². The Kier molecular flexibility index (Phi) is 10.3. The summed E-state index contributed by atoms with van der Waals surface area (Å²) in [6.45, 7) is -0.0778. The predicted octanol–water partition coefficient (Wildman–Crippen LogP) is 3.98. The Bertz CT molecular complexity index is 768. The van der Waals surface area contributed by atoms with Gasteiger partial charge in [0.25, 0.3) is 0 Å². The van der Waals surface area contributed by atoms with Crippen molar-refractivity contribution in [2.75, 3.05) is 13.7 Å². The number of benzene rings is 1. The maximum atomic E-state index is 13.6. The van der Waals surface area contributed by atoms with E-state index in [-0.39, 0.29) is 42.4 Å². The number of methoxy groups -OCH3 is 1. The number of carbonyl (C=O) groups excluding carboxylic acids is 2. The number of ether oxygens (including phenoxy) is 2. The van der Waals surface area contributed by atoms with E-state index in [1.54, 1.807) is 12.1 Å². The van der Waals surface area contributed by atoms with E-state index in [2.05, 4.69) is 9.91 Å². The molecule has 1 aliphatic carbocycles. The van der Waals surface area contributed by atoms with E-state index in [0.29, 0.717) is 38.5 Å². The van der Waals surface area contributed by atoms with E-state index >= 15 is 0 Å². The Labute approximate surface area is 181 Å². The van der Waals surface area contributed by atoms with Crippen LogP contribution < -0.4 is 4.74 Å². The standard InChI is InChI=1S/C23H30FNO6/c1-30-23(28)11-5-3-2-4-8-18-17(20(25-29)14-21(18)27)13-12-16(26)15-31-22-10-7-6-9-19(22)24/h2,4,6-7,9-10,16-18,20,26H,3,5,8,11-15H2,1H3/t16-,17-,18-,20?/m1/s1. The third-order valence-electron chi connectivity index (χ3n) is 5.61. The van der Waals surface area contributed by atoms with Gasteiger partial charge in [-0.2, -0.15) is 4.91 Å².